The zero-order valence-corrected chi connectivity index (χ0v) is 17.5. The molecule has 0 saturated heterocycles. The van der Waals surface area contributed by atoms with Crippen LogP contribution in [0, 0.1) is 5.92 Å². The van der Waals surface area contributed by atoms with Crippen LogP contribution in [0.15, 0.2) is 29.2 Å². The molecular weight excluding hydrogens is 388 g/mol. The summed E-state index contributed by atoms with van der Waals surface area (Å²) in [5, 5.41) is 3.19. The van der Waals surface area contributed by atoms with E-state index in [-0.39, 0.29) is 15.8 Å². The van der Waals surface area contributed by atoms with Crippen molar-refractivity contribution in [1.29, 1.82) is 0 Å². The van der Waals surface area contributed by atoms with Gasteiger partial charge in [0.05, 0.1) is 10.9 Å². The number of sulfonamides is 1. The monoisotopic (exact) mass is 414 g/mol. The number of thiocarbonyl (C=S) groups is 1. The number of benzene rings is 1. The van der Waals surface area contributed by atoms with Gasteiger partial charge in [-0.1, -0.05) is 26.0 Å². The molecule has 1 aromatic rings. The van der Waals surface area contributed by atoms with Crippen LogP contribution < -0.4 is 20.9 Å². The van der Waals surface area contributed by atoms with Crippen LogP contribution >= 0.6 is 12.2 Å². The third kappa shape index (κ3) is 8.02. The molecule has 0 spiro atoms. The molecule has 4 N–H and O–H groups in total. The number of nitrogens with one attached hydrogen (secondary N) is 4. The van der Waals surface area contributed by atoms with Crippen LogP contribution in [0.25, 0.3) is 0 Å². The Bertz CT molecular complexity index is 777. The second kappa shape index (κ2) is 10.3. The lowest BCUT2D eigenvalue weighted by molar-refractivity contribution is -0.122. The zero-order valence-electron chi connectivity index (χ0n) is 15.8. The van der Waals surface area contributed by atoms with Gasteiger partial charge in [0.25, 0.3) is 5.91 Å². The first-order chi connectivity index (χ1) is 12.5. The second-order valence-corrected chi connectivity index (χ2v) is 8.60. The number of ketones is 1. The van der Waals surface area contributed by atoms with Gasteiger partial charge in [-0.05, 0) is 50.5 Å². The molecule has 0 bridgehead atoms. The molecule has 27 heavy (non-hydrogen) atoms. The SMILES string of the molecule is CC(=O)c1ccc(S(=O)(=O)N[C@@H](C)C(=O)NNC(=S)NCCC(C)C)cc1. The lowest BCUT2D eigenvalue weighted by atomic mass is 10.1. The highest BCUT2D eigenvalue weighted by molar-refractivity contribution is 7.89. The lowest BCUT2D eigenvalue weighted by Crippen LogP contribution is -2.53. The van der Waals surface area contributed by atoms with Gasteiger partial charge in [-0.2, -0.15) is 4.72 Å². The largest absolute Gasteiger partial charge is 0.361 e. The van der Waals surface area contributed by atoms with Crippen LogP contribution in [-0.4, -0.2) is 37.8 Å². The molecule has 8 nitrogen and oxygen atoms in total. The number of hydrogen-bond acceptors (Lipinski definition) is 5. The van der Waals surface area contributed by atoms with E-state index in [1.54, 1.807) is 0 Å². The summed E-state index contributed by atoms with van der Waals surface area (Å²) in [6.07, 6.45) is 0.925. The van der Waals surface area contributed by atoms with Crippen molar-refractivity contribution in [2.24, 2.45) is 5.92 Å². The Kier molecular flexibility index (Phi) is 8.80. The van der Waals surface area contributed by atoms with Crippen LogP contribution in [0.5, 0.6) is 0 Å². The average molecular weight is 415 g/mol. The van der Waals surface area contributed by atoms with Crippen molar-refractivity contribution in [1.82, 2.24) is 20.9 Å². The standard InChI is InChI=1S/C17H26N4O4S2/c1-11(2)9-10-18-17(26)20-19-16(23)12(3)21-27(24,25)15-7-5-14(6-8-15)13(4)22/h5-8,11-12,21H,9-10H2,1-4H3,(H,19,23)(H2,18,20,26)/t12-/m0/s1. The molecule has 0 aliphatic carbocycles. The van der Waals surface area contributed by atoms with E-state index in [0.717, 1.165) is 6.42 Å². The molecule has 0 aliphatic rings. The van der Waals surface area contributed by atoms with E-state index in [1.165, 1.54) is 38.1 Å². The summed E-state index contributed by atoms with van der Waals surface area (Å²) in [6.45, 7) is 7.64. The third-order valence-corrected chi connectivity index (χ3v) is 5.41. The molecule has 1 aromatic carbocycles. The molecule has 1 atom stereocenters. The maximum atomic E-state index is 12.3. The minimum absolute atomic E-state index is 0.0361. The van der Waals surface area contributed by atoms with Crippen molar-refractivity contribution in [3.8, 4) is 0 Å². The highest BCUT2D eigenvalue weighted by Gasteiger charge is 2.22. The van der Waals surface area contributed by atoms with Crippen molar-refractivity contribution in [3.05, 3.63) is 29.8 Å². The predicted octanol–water partition coefficient (Wildman–Crippen LogP) is 1.10. The lowest BCUT2D eigenvalue weighted by Gasteiger charge is -2.16. The van der Waals surface area contributed by atoms with Crippen LogP contribution in [0.4, 0.5) is 0 Å². The first-order valence-electron chi connectivity index (χ1n) is 8.50. The topological polar surface area (TPSA) is 116 Å². The van der Waals surface area contributed by atoms with Gasteiger partial charge in [-0.3, -0.25) is 20.4 Å². The number of carbonyl (C=O) groups excluding carboxylic acids is 2. The van der Waals surface area contributed by atoms with Gasteiger partial charge < -0.3 is 5.32 Å². The summed E-state index contributed by atoms with van der Waals surface area (Å²) in [5.74, 6) is -0.232. The predicted molar refractivity (Wildman–Crippen MR) is 108 cm³/mol. The zero-order chi connectivity index (χ0) is 20.6. The van der Waals surface area contributed by atoms with E-state index in [9.17, 15) is 18.0 Å². The Labute approximate surface area is 165 Å². The Hall–Kier alpha value is -2.04. The van der Waals surface area contributed by atoms with Gasteiger partial charge >= 0.3 is 0 Å². The summed E-state index contributed by atoms with van der Waals surface area (Å²) < 4.78 is 26.9. The van der Waals surface area contributed by atoms with Gasteiger partial charge in [0.15, 0.2) is 10.9 Å². The fourth-order valence-electron chi connectivity index (χ4n) is 1.97. The maximum Gasteiger partial charge on any atom is 0.256 e. The van der Waals surface area contributed by atoms with Gasteiger partial charge in [0.1, 0.15) is 0 Å². The number of hydrogen-bond donors (Lipinski definition) is 4. The molecule has 0 saturated carbocycles. The summed E-state index contributed by atoms with van der Waals surface area (Å²) >= 11 is 5.03. The molecule has 0 unspecified atom stereocenters. The van der Waals surface area contributed by atoms with Crippen LogP contribution in [0.2, 0.25) is 0 Å². The molecule has 0 heterocycles. The summed E-state index contributed by atoms with van der Waals surface area (Å²) in [5.41, 5.74) is 5.29. The van der Waals surface area contributed by atoms with Crippen molar-refractivity contribution >= 4 is 39.0 Å². The van der Waals surface area contributed by atoms with E-state index in [4.69, 9.17) is 12.2 Å². The van der Waals surface area contributed by atoms with E-state index in [1.807, 2.05) is 0 Å². The first kappa shape index (κ1) is 23.0. The molecule has 0 aliphatic heterocycles. The van der Waals surface area contributed by atoms with Gasteiger partial charge in [-0.25, -0.2) is 8.42 Å². The summed E-state index contributed by atoms with van der Waals surface area (Å²) in [4.78, 5) is 23.3. The molecule has 0 aromatic heterocycles. The number of hydrazine groups is 1. The Morgan fingerprint density at radius 1 is 1.07 bits per heavy atom. The molecule has 1 amide bonds. The van der Waals surface area contributed by atoms with Crippen LogP contribution in [0.1, 0.15) is 44.5 Å². The Balaban J connectivity index is 2.55. The van der Waals surface area contributed by atoms with E-state index in [2.05, 4.69) is 34.7 Å². The fourth-order valence-corrected chi connectivity index (χ4v) is 3.32. The molecule has 1 rings (SSSR count). The molecule has 150 valence electrons. The van der Waals surface area contributed by atoms with E-state index < -0.39 is 22.0 Å². The maximum absolute atomic E-state index is 12.3. The molecule has 0 radical (unpaired) electrons. The number of amides is 1. The quantitative estimate of drug-likeness (QED) is 0.286. The molecule has 0 fully saturated rings. The normalized spacial score (nSPS) is 12.3. The average Bonchev–Trinajstić information content (AvgIpc) is 2.59. The minimum atomic E-state index is -3.91. The van der Waals surface area contributed by atoms with E-state index in [0.29, 0.717) is 18.0 Å². The number of carbonyl (C=O) groups is 2. The van der Waals surface area contributed by atoms with Crippen molar-refractivity contribution in [2.75, 3.05) is 6.54 Å². The smallest absolute Gasteiger partial charge is 0.256 e. The van der Waals surface area contributed by atoms with Crippen molar-refractivity contribution < 1.29 is 18.0 Å². The highest BCUT2D eigenvalue weighted by atomic mass is 32.2. The highest BCUT2D eigenvalue weighted by Crippen LogP contribution is 2.11. The Morgan fingerprint density at radius 3 is 2.19 bits per heavy atom. The van der Waals surface area contributed by atoms with Gasteiger partial charge in [0, 0.05) is 12.1 Å². The minimum Gasteiger partial charge on any atom is -0.361 e. The summed E-state index contributed by atoms with van der Waals surface area (Å²) in [7, 11) is -3.91. The second-order valence-electron chi connectivity index (χ2n) is 6.48. The Morgan fingerprint density at radius 2 is 1.67 bits per heavy atom. The van der Waals surface area contributed by atoms with Crippen molar-refractivity contribution in [2.45, 2.75) is 45.1 Å². The fraction of sp³-hybridized carbons (Fsp3) is 0.471. The van der Waals surface area contributed by atoms with Crippen LogP contribution in [0.3, 0.4) is 0 Å². The van der Waals surface area contributed by atoms with Crippen molar-refractivity contribution in [3.63, 3.8) is 0 Å². The molecule has 10 heteroatoms. The summed E-state index contributed by atoms with van der Waals surface area (Å²) in [6, 6.07) is 4.44. The third-order valence-electron chi connectivity index (χ3n) is 3.60. The number of Topliss-reactive ketones (excluding diaryl/α,β-unsaturated/α-hetero) is 1. The van der Waals surface area contributed by atoms with Crippen LogP contribution in [-0.2, 0) is 14.8 Å². The first-order valence-corrected chi connectivity index (χ1v) is 10.4. The van der Waals surface area contributed by atoms with Gasteiger partial charge in [0.2, 0.25) is 10.0 Å². The molecular formula is C17H26N4O4S2. The van der Waals surface area contributed by atoms with Gasteiger partial charge in [-0.15, -0.1) is 0 Å². The number of rotatable bonds is 8. The van der Waals surface area contributed by atoms with E-state index >= 15 is 0 Å².